The smallest absolute Gasteiger partial charge is 0.319 e. The van der Waals surface area contributed by atoms with Gasteiger partial charge in [-0.15, -0.1) is 0 Å². The number of allylic oxidation sites excluding steroid dienone is 5. The van der Waals surface area contributed by atoms with Crippen molar-refractivity contribution >= 4 is 64.0 Å². The average molecular weight is 990 g/mol. The first-order chi connectivity index (χ1) is 32.8. The number of carbonyl (C=O) groups excluding carboxylic acids is 3. The molecule has 0 aromatic heterocycles. The van der Waals surface area contributed by atoms with Crippen molar-refractivity contribution in [2.45, 2.75) is 191 Å². The number of methoxy groups -OCH3 is 1. The highest BCUT2D eigenvalue weighted by Gasteiger charge is 2.46. The van der Waals surface area contributed by atoms with E-state index in [0.717, 1.165) is 76.6 Å². The fourth-order valence-corrected chi connectivity index (χ4v) is 12.1. The van der Waals surface area contributed by atoms with Crippen molar-refractivity contribution < 1.29 is 19.1 Å². The first-order valence-electron chi connectivity index (χ1n) is 26.6. The molecule has 2 aliphatic carbocycles. The van der Waals surface area contributed by atoms with Crippen LogP contribution in [0, 0.1) is 17.3 Å². The summed E-state index contributed by atoms with van der Waals surface area (Å²) < 4.78 is 6.23. The summed E-state index contributed by atoms with van der Waals surface area (Å²) in [6.45, 7) is 31.9. The van der Waals surface area contributed by atoms with Gasteiger partial charge in [0.05, 0.1) is 35.4 Å². The second kappa shape index (κ2) is 27.3. The SMILES string of the molecule is CCCCC(CC)CSCCCNC(=O)NC1=CC(=N\C(C)C)/C(C(C)(C)CC)=CC/1=C1\C(=O)C(c2cc3c(cc2NC(=O)NCCCSCC(CC)CCCC)N(C(C)C)C(C)C3(C)C)=C1OC. The van der Waals surface area contributed by atoms with Crippen molar-refractivity contribution in [2.24, 2.45) is 22.2 Å². The Labute approximate surface area is 427 Å². The molecule has 0 fully saturated rings. The molecule has 69 heavy (non-hydrogen) atoms. The monoisotopic (exact) mass is 989 g/mol. The lowest BCUT2D eigenvalue weighted by atomic mass is 9.72. The second-order valence-electron chi connectivity index (χ2n) is 21.3. The van der Waals surface area contributed by atoms with E-state index in [1.54, 1.807) is 7.11 Å². The largest absolute Gasteiger partial charge is 0.495 e. The number of anilines is 2. The first-order valence-corrected chi connectivity index (χ1v) is 28.9. The molecule has 4 N–H and O–H groups in total. The Morgan fingerprint density at radius 3 is 1.88 bits per heavy atom. The van der Waals surface area contributed by atoms with E-state index in [1.165, 1.54) is 51.4 Å². The van der Waals surface area contributed by atoms with Gasteiger partial charge in [0.1, 0.15) is 5.76 Å². The molecule has 0 saturated heterocycles. The normalized spacial score (nSPS) is 19.4. The Morgan fingerprint density at radius 1 is 0.826 bits per heavy atom. The Kier molecular flexibility index (Phi) is 22.9. The summed E-state index contributed by atoms with van der Waals surface area (Å²) in [6.07, 6.45) is 16.5. The van der Waals surface area contributed by atoms with Crippen LogP contribution in [-0.4, -0.2) is 84.9 Å². The number of nitrogens with zero attached hydrogens (tertiary/aromatic N) is 2. The number of amides is 4. The third-order valence-corrected chi connectivity index (χ3v) is 17.3. The highest BCUT2D eigenvalue weighted by Crippen LogP contribution is 2.52. The number of unbranched alkanes of at least 4 members (excludes halogenated alkanes) is 2. The molecule has 4 amide bonds. The maximum atomic E-state index is 15.1. The van der Waals surface area contributed by atoms with Gasteiger partial charge in [-0.1, -0.05) is 101 Å². The molecule has 10 nitrogen and oxygen atoms in total. The molecule has 0 bridgehead atoms. The van der Waals surface area contributed by atoms with Gasteiger partial charge in [-0.3, -0.25) is 9.79 Å². The fourth-order valence-electron chi connectivity index (χ4n) is 9.62. The van der Waals surface area contributed by atoms with Gasteiger partial charge in [0, 0.05) is 53.5 Å². The third-order valence-electron chi connectivity index (χ3n) is 14.7. The summed E-state index contributed by atoms with van der Waals surface area (Å²) in [5.74, 6) is 5.98. The number of fused-ring (bicyclic) bond motifs is 1. The Morgan fingerprint density at radius 2 is 1.39 bits per heavy atom. The van der Waals surface area contributed by atoms with E-state index in [2.05, 4.69) is 115 Å². The molecule has 0 spiro atoms. The van der Waals surface area contributed by atoms with E-state index in [0.29, 0.717) is 52.5 Å². The third kappa shape index (κ3) is 15.0. The molecular weight excluding hydrogens is 897 g/mol. The molecule has 3 aliphatic rings. The molecule has 1 aromatic carbocycles. The molecule has 3 atom stereocenters. The van der Waals surface area contributed by atoms with Gasteiger partial charge in [-0.05, 0) is 142 Å². The van der Waals surface area contributed by atoms with Gasteiger partial charge >= 0.3 is 12.1 Å². The molecule has 12 heteroatoms. The zero-order valence-electron chi connectivity index (χ0n) is 45.6. The van der Waals surface area contributed by atoms with E-state index in [-0.39, 0.29) is 46.8 Å². The standard InChI is InChI=1S/C57H92N6O4S2/c1-16-21-25-40(18-3)35-68-29-23-27-58-54(65)61-46-33-48(60-37(6)7)44(56(11,12)20-5)31-42(46)50-52(64)51(53(50)67-15)43-32-45-49(63(38(8)9)39(10)57(45,13)14)34-47(43)62-55(66)59-28-24-30-69-36-41(19-4)26-22-17-2/h31-34,37-41H,16-30,35-36H2,1-15H3,(H2,58,61,65)(H2,59,62,66)/b50-42-,60-48+. The van der Waals surface area contributed by atoms with Gasteiger partial charge in [-0.2, -0.15) is 23.5 Å². The van der Waals surface area contributed by atoms with Crippen LogP contribution < -0.4 is 26.2 Å². The van der Waals surface area contributed by atoms with Crippen LogP contribution in [0.1, 0.15) is 179 Å². The number of carbonyl (C=O) groups is 3. The summed E-state index contributed by atoms with van der Waals surface area (Å²) in [4.78, 5) is 50.1. The summed E-state index contributed by atoms with van der Waals surface area (Å²) in [5, 5.41) is 12.5. The second-order valence-corrected chi connectivity index (χ2v) is 23.6. The molecule has 4 rings (SSSR count). The van der Waals surface area contributed by atoms with E-state index < -0.39 is 0 Å². The molecule has 386 valence electrons. The van der Waals surface area contributed by atoms with Gasteiger partial charge in [0.2, 0.25) is 5.78 Å². The van der Waals surface area contributed by atoms with Gasteiger partial charge in [0.25, 0.3) is 0 Å². The molecule has 0 saturated carbocycles. The molecule has 0 radical (unpaired) electrons. The fraction of sp³-hybridized carbons (Fsp3) is 0.684. The number of benzene rings is 1. The minimum atomic E-state index is -0.331. The summed E-state index contributed by atoms with van der Waals surface area (Å²) in [6, 6.07) is 3.89. The number of urea groups is 2. The zero-order chi connectivity index (χ0) is 51.1. The Bertz CT molecular complexity index is 2080. The van der Waals surface area contributed by atoms with E-state index >= 15 is 4.79 Å². The van der Waals surface area contributed by atoms with Crippen molar-refractivity contribution in [1.29, 1.82) is 0 Å². The maximum absolute atomic E-state index is 15.1. The predicted molar refractivity (Wildman–Crippen MR) is 299 cm³/mol. The van der Waals surface area contributed by atoms with Crippen LogP contribution in [0.5, 0.6) is 0 Å². The van der Waals surface area contributed by atoms with Crippen molar-refractivity contribution in [3.8, 4) is 0 Å². The van der Waals surface area contributed by atoms with E-state index in [9.17, 15) is 9.59 Å². The molecule has 3 unspecified atom stereocenters. The van der Waals surface area contributed by atoms with Crippen molar-refractivity contribution in [1.82, 2.24) is 16.0 Å². The number of thioether (sulfide) groups is 2. The zero-order valence-corrected chi connectivity index (χ0v) is 47.2. The number of Topliss-reactive ketones (excluding diaryl/α,β-unsaturated/α-hetero) is 1. The maximum Gasteiger partial charge on any atom is 0.319 e. The lowest BCUT2D eigenvalue weighted by Gasteiger charge is -2.34. The number of rotatable bonds is 28. The van der Waals surface area contributed by atoms with Crippen LogP contribution in [0.3, 0.4) is 0 Å². The van der Waals surface area contributed by atoms with Crippen LogP contribution >= 0.6 is 23.5 Å². The average Bonchev–Trinajstić information content (AvgIpc) is 3.49. The lowest BCUT2D eigenvalue weighted by molar-refractivity contribution is -0.111. The van der Waals surface area contributed by atoms with Gasteiger partial charge < -0.3 is 30.9 Å². The minimum Gasteiger partial charge on any atom is -0.495 e. The topological polar surface area (TPSA) is 124 Å². The van der Waals surface area contributed by atoms with Crippen LogP contribution in [0.2, 0.25) is 0 Å². The number of aliphatic imine (C=N–C) groups is 1. The van der Waals surface area contributed by atoms with Crippen LogP contribution in [-0.2, 0) is 14.9 Å². The van der Waals surface area contributed by atoms with Crippen molar-refractivity contribution in [3.05, 3.63) is 63.6 Å². The quantitative estimate of drug-likeness (QED) is 0.0487. The summed E-state index contributed by atoms with van der Waals surface area (Å²) in [7, 11) is 1.59. The van der Waals surface area contributed by atoms with Crippen LogP contribution in [0.25, 0.3) is 5.57 Å². The number of hydrogen-bond acceptors (Lipinski definition) is 8. The molecular formula is C57H92N6O4S2. The van der Waals surface area contributed by atoms with Crippen molar-refractivity contribution in [3.63, 3.8) is 0 Å². The van der Waals surface area contributed by atoms with Crippen LogP contribution in [0.4, 0.5) is 21.0 Å². The summed E-state index contributed by atoms with van der Waals surface area (Å²) in [5.41, 5.74) is 6.45. The lowest BCUT2D eigenvalue weighted by Crippen LogP contribution is -2.42. The molecule has 1 heterocycles. The summed E-state index contributed by atoms with van der Waals surface area (Å²) >= 11 is 3.95. The number of hydrogen-bond donors (Lipinski definition) is 4. The van der Waals surface area contributed by atoms with E-state index in [4.69, 9.17) is 9.73 Å². The minimum absolute atomic E-state index is 0.00372. The molecule has 1 aromatic rings. The number of ketones is 1. The van der Waals surface area contributed by atoms with E-state index in [1.807, 2.05) is 55.6 Å². The van der Waals surface area contributed by atoms with Gasteiger partial charge in [-0.25, -0.2) is 9.59 Å². The number of ether oxygens (including phenoxy) is 1. The first kappa shape index (κ1) is 57.9. The Balaban J connectivity index is 1.73. The van der Waals surface area contributed by atoms with Crippen LogP contribution in [0.15, 0.2) is 57.5 Å². The predicted octanol–water partition coefficient (Wildman–Crippen LogP) is 14.0. The van der Waals surface area contributed by atoms with Gasteiger partial charge in [0.15, 0.2) is 0 Å². The highest BCUT2D eigenvalue weighted by atomic mass is 32.2. The number of nitrogens with one attached hydrogen (secondary N) is 4. The van der Waals surface area contributed by atoms with Crippen molar-refractivity contribution in [2.75, 3.05) is 53.4 Å². The highest BCUT2D eigenvalue weighted by molar-refractivity contribution is 7.99. The Hall–Kier alpha value is -3.64. The molecule has 1 aliphatic heterocycles.